The van der Waals surface area contributed by atoms with Crippen molar-refractivity contribution in [2.24, 2.45) is 11.8 Å². The molecule has 0 saturated carbocycles. The molecule has 0 radical (unpaired) electrons. The number of aliphatic hydroxyl groups is 1. The molecule has 4 unspecified atom stereocenters. The number of quaternary nitrogens is 1. The van der Waals surface area contributed by atoms with Crippen molar-refractivity contribution in [3.8, 4) is 5.75 Å². The van der Waals surface area contributed by atoms with Gasteiger partial charge >= 0.3 is 0 Å². The third kappa shape index (κ3) is 3.72. The quantitative estimate of drug-likeness (QED) is 0.279. The van der Waals surface area contributed by atoms with Crippen LogP contribution in [-0.4, -0.2) is 40.8 Å². The topological polar surface area (TPSA) is 42.4 Å². The minimum Gasteiger partial charge on any atom is -0.497 e. The molecular weight excluding hydrogens is 432 g/mol. The minimum absolute atomic E-state index is 0.126. The molecule has 3 aromatic carbocycles. The number of nitrogens with zero attached hydrogens (tertiary/aromatic N) is 2. The van der Waals surface area contributed by atoms with Gasteiger partial charge in [0.1, 0.15) is 24.4 Å². The fourth-order valence-corrected chi connectivity index (χ4v) is 6.89. The Labute approximate surface area is 207 Å². The molecule has 0 spiro atoms. The third-order valence-corrected chi connectivity index (χ3v) is 8.71. The first-order chi connectivity index (χ1) is 17.1. The van der Waals surface area contributed by atoms with Crippen LogP contribution in [0.2, 0.25) is 0 Å². The highest BCUT2D eigenvalue weighted by Gasteiger charge is 2.54. The van der Waals surface area contributed by atoms with Crippen molar-refractivity contribution in [1.82, 2.24) is 4.98 Å². The van der Waals surface area contributed by atoms with Crippen molar-refractivity contribution in [1.29, 1.82) is 0 Å². The number of pyridine rings is 1. The summed E-state index contributed by atoms with van der Waals surface area (Å²) in [5, 5.41) is 15.6. The zero-order valence-corrected chi connectivity index (χ0v) is 20.3. The summed E-state index contributed by atoms with van der Waals surface area (Å²) in [6.45, 7) is 7.23. The van der Waals surface area contributed by atoms with Crippen molar-refractivity contribution in [2.45, 2.75) is 31.5 Å². The van der Waals surface area contributed by atoms with Gasteiger partial charge in [-0.1, -0.05) is 48.5 Å². The van der Waals surface area contributed by atoms with E-state index in [1.54, 1.807) is 7.11 Å². The number of hydrogen-bond acceptors (Lipinski definition) is 3. The maximum Gasteiger partial charge on any atom is 0.131 e. The van der Waals surface area contributed by atoms with E-state index in [0.717, 1.165) is 52.8 Å². The van der Waals surface area contributed by atoms with Crippen molar-refractivity contribution < 1.29 is 14.3 Å². The van der Waals surface area contributed by atoms with Crippen LogP contribution in [0.4, 0.5) is 0 Å². The van der Waals surface area contributed by atoms with Crippen molar-refractivity contribution in [3.63, 3.8) is 0 Å². The molecule has 3 aliphatic rings. The van der Waals surface area contributed by atoms with Crippen LogP contribution in [0.3, 0.4) is 0 Å². The average molecular weight is 466 g/mol. The Hall–Kier alpha value is -3.21. The lowest BCUT2D eigenvalue weighted by Gasteiger charge is -2.58. The van der Waals surface area contributed by atoms with Gasteiger partial charge in [0.05, 0.1) is 25.7 Å². The summed E-state index contributed by atoms with van der Waals surface area (Å²) >= 11 is 0. The minimum atomic E-state index is -0.573. The second kappa shape index (κ2) is 8.78. The molecule has 5 atom stereocenters. The number of benzene rings is 3. The number of piperidine rings is 3. The molecule has 2 bridgehead atoms. The van der Waals surface area contributed by atoms with Crippen LogP contribution in [0.1, 0.15) is 30.1 Å². The predicted molar refractivity (Wildman–Crippen MR) is 141 cm³/mol. The lowest BCUT2D eigenvalue weighted by Crippen LogP contribution is -2.67. The maximum atomic E-state index is 12.0. The van der Waals surface area contributed by atoms with Gasteiger partial charge in [-0.3, -0.25) is 4.98 Å². The largest absolute Gasteiger partial charge is 0.497 e. The van der Waals surface area contributed by atoms with Gasteiger partial charge in [-0.2, -0.15) is 0 Å². The number of methoxy groups -OCH3 is 1. The molecule has 4 aromatic rings. The zero-order valence-electron chi connectivity index (χ0n) is 20.3. The van der Waals surface area contributed by atoms with E-state index in [4.69, 9.17) is 4.74 Å². The molecule has 178 valence electrons. The summed E-state index contributed by atoms with van der Waals surface area (Å²) in [6.07, 6.45) is 5.61. The van der Waals surface area contributed by atoms with Crippen LogP contribution < -0.4 is 4.74 Å². The van der Waals surface area contributed by atoms with E-state index in [1.165, 1.54) is 22.8 Å². The van der Waals surface area contributed by atoms with Gasteiger partial charge < -0.3 is 14.3 Å². The average Bonchev–Trinajstić information content (AvgIpc) is 2.92. The van der Waals surface area contributed by atoms with Gasteiger partial charge in [-0.25, -0.2) is 0 Å². The smallest absolute Gasteiger partial charge is 0.131 e. The summed E-state index contributed by atoms with van der Waals surface area (Å²) in [5.74, 6) is 1.87. The second-order valence-corrected chi connectivity index (χ2v) is 10.4. The Balaban J connectivity index is 1.44. The Bertz CT molecular complexity index is 1390. The van der Waals surface area contributed by atoms with Gasteiger partial charge in [0.25, 0.3) is 0 Å². The van der Waals surface area contributed by atoms with E-state index in [9.17, 15) is 5.11 Å². The van der Waals surface area contributed by atoms with Gasteiger partial charge in [-0.15, -0.1) is 6.58 Å². The second-order valence-electron chi connectivity index (χ2n) is 10.4. The third-order valence-electron chi connectivity index (χ3n) is 8.71. The van der Waals surface area contributed by atoms with Gasteiger partial charge in [0, 0.05) is 35.9 Å². The highest BCUT2D eigenvalue weighted by atomic mass is 16.5. The Morgan fingerprint density at radius 1 is 1.11 bits per heavy atom. The lowest BCUT2D eigenvalue weighted by atomic mass is 9.71. The SMILES string of the molecule is C=CC1C[N+]2(Cc3cccc4ccccc34)CCC1CC2[C@H](O)c1ccnc2ccc(OC)cc12. The number of ether oxygens (including phenoxy) is 1. The van der Waals surface area contributed by atoms with Gasteiger partial charge in [0.15, 0.2) is 0 Å². The molecule has 1 N–H and O–H groups in total. The molecule has 1 aromatic heterocycles. The summed E-state index contributed by atoms with van der Waals surface area (Å²) in [4.78, 5) is 4.55. The van der Waals surface area contributed by atoms with E-state index in [0.29, 0.717) is 11.8 Å². The molecule has 4 heterocycles. The van der Waals surface area contributed by atoms with Crippen LogP contribution in [0.5, 0.6) is 5.75 Å². The molecule has 0 aliphatic carbocycles. The highest BCUT2D eigenvalue weighted by Crippen LogP contribution is 2.48. The standard InChI is InChI=1S/C31H33N2O2/c1-3-21-19-33(20-24-9-6-8-22-7-4-5-10-26(22)24)16-14-23(21)17-30(33)31(34)27-13-15-32-29-12-11-25(35-2)18-28(27)29/h3-13,15,18,21,23,30-31,34H,1,14,16-17,19-20H2,2H3/q+1/t21?,23?,30?,31-,33?/m1/s1. The summed E-state index contributed by atoms with van der Waals surface area (Å²) in [6, 6.07) is 23.3. The van der Waals surface area contributed by atoms with Crippen LogP contribution in [0, 0.1) is 11.8 Å². The fraction of sp³-hybridized carbons (Fsp3) is 0.323. The van der Waals surface area contributed by atoms with Gasteiger partial charge in [0.2, 0.25) is 0 Å². The molecular formula is C31H33N2O2+. The zero-order chi connectivity index (χ0) is 24.0. The van der Waals surface area contributed by atoms with Crippen molar-refractivity contribution in [2.75, 3.05) is 20.2 Å². The summed E-state index contributed by atoms with van der Waals surface area (Å²) < 4.78 is 6.39. The first-order valence-corrected chi connectivity index (χ1v) is 12.7. The molecule has 7 rings (SSSR count). The molecule has 3 saturated heterocycles. The Morgan fingerprint density at radius 3 is 2.83 bits per heavy atom. The fourth-order valence-electron chi connectivity index (χ4n) is 6.89. The highest BCUT2D eigenvalue weighted by molar-refractivity contribution is 5.85. The van der Waals surface area contributed by atoms with E-state index in [-0.39, 0.29) is 6.04 Å². The monoisotopic (exact) mass is 465 g/mol. The number of hydrogen-bond donors (Lipinski definition) is 1. The molecule has 3 fully saturated rings. The normalized spacial score (nSPS) is 26.6. The Morgan fingerprint density at radius 2 is 1.97 bits per heavy atom. The van der Waals surface area contributed by atoms with Crippen LogP contribution in [0.25, 0.3) is 21.7 Å². The molecule has 35 heavy (non-hydrogen) atoms. The lowest BCUT2D eigenvalue weighted by molar-refractivity contribution is -0.984. The molecule has 0 amide bonds. The summed E-state index contributed by atoms with van der Waals surface area (Å²) in [7, 11) is 1.68. The van der Waals surface area contributed by atoms with Crippen LogP contribution >= 0.6 is 0 Å². The Kier molecular flexibility index (Phi) is 5.58. The van der Waals surface area contributed by atoms with E-state index < -0.39 is 6.10 Å². The maximum absolute atomic E-state index is 12.0. The first-order valence-electron chi connectivity index (χ1n) is 12.7. The molecule has 4 heteroatoms. The predicted octanol–water partition coefficient (Wildman–Crippen LogP) is 6.04. The molecule has 4 nitrogen and oxygen atoms in total. The summed E-state index contributed by atoms with van der Waals surface area (Å²) in [5.41, 5.74) is 3.21. The van der Waals surface area contributed by atoms with E-state index >= 15 is 0 Å². The number of aliphatic hydroxyl groups excluding tert-OH is 1. The first kappa shape index (κ1) is 22.3. The molecule has 3 aliphatic heterocycles. The number of rotatable bonds is 6. The van der Waals surface area contributed by atoms with E-state index in [2.05, 4.69) is 60.1 Å². The van der Waals surface area contributed by atoms with Crippen molar-refractivity contribution in [3.05, 3.63) is 96.7 Å². The number of fused-ring (bicyclic) bond motifs is 5. The van der Waals surface area contributed by atoms with Crippen LogP contribution in [-0.2, 0) is 6.54 Å². The van der Waals surface area contributed by atoms with Crippen molar-refractivity contribution >= 4 is 21.7 Å². The van der Waals surface area contributed by atoms with E-state index in [1.807, 2.05) is 30.5 Å². The van der Waals surface area contributed by atoms with Crippen LogP contribution in [0.15, 0.2) is 85.6 Å². The number of aromatic nitrogens is 1. The van der Waals surface area contributed by atoms with Gasteiger partial charge in [-0.05, 0) is 46.5 Å².